The number of benzene rings is 1. The lowest BCUT2D eigenvalue weighted by atomic mass is 10.2. The van der Waals surface area contributed by atoms with E-state index in [2.05, 4.69) is 25.7 Å². The lowest BCUT2D eigenvalue weighted by Gasteiger charge is -2.26. The monoisotopic (exact) mass is 481 g/mol. The molecule has 3 amide bonds. The number of rotatable bonds is 5. The van der Waals surface area contributed by atoms with E-state index in [4.69, 9.17) is 4.74 Å². The first-order chi connectivity index (χ1) is 16.3. The quantitative estimate of drug-likeness (QED) is 0.479. The van der Waals surface area contributed by atoms with Gasteiger partial charge in [0.2, 0.25) is 12.3 Å². The summed E-state index contributed by atoms with van der Waals surface area (Å²) in [5.74, 6) is -1.63. The zero-order valence-electron chi connectivity index (χ0n) is 18.3. The average molecular weight is 481 g/mol. The molecule has 4 rings (SSSR count). The zero-order chi connectivity index (χ0) is 24.2. The second kappa shape index (κ2) is 10.2. The third-order valence-electron chi connectivity index (χ3n) is 5.41. The van der Waals surface area contributed by atoms with Gasteiger partial charge in [0.1, 0.15) is 12.0 Å². The number of nitrogens with one attached hydrogen (secondary N) is 3. The highest BCUT2D eigenvalue weighted by Gasteiger charge is 2.33. The Labute approximate surface area is 193 Å². The molecule has 14 heteroatoms. The second-order valence-corrected chi connectivity index (χ2v) is 7.79. The Kier molecular flexibility index (Phi) is 7.09. The highest BCUT2D eigenvalue weighted by Crippen LogP contribution is 2.32. The first kappa shape index (κ1) is 23.7. The van der Waals surface area contributed by atoms with Gasteiger partial charge in [-0.3, -0.25) is 15.1 Å². The molecule has 0 bridgehead atoms. The lowest BCUT2D eigenvalue weighted by Crippen LogP contribution is -2.46. The molecule has 0 spiro atoms. The number of ether oxygens (including phenoxy) is 1. The summed E-state index contributed by atoms with van der Waals surface area (Å²) in [5, 5.41) is 20.2. The summed E-state index contributed by atoms with van der Waals surface area (Å²) in [6, 6.07) is 3.25. The van der Waals surface area contributed by atoms with Gasteiger partial charge in [-0.15, -0.1) is 0 Å². The summed E-state index contributed by atoms with van der Waals surface area (Å²) >= 11 is 0. The fourth-order valence-corrected chi connectivity index (χ4v) is 3.80. The Morgan fingerprint density at radius 2 is 2.03 bits per heavy atom. The van der Waals surface area contributed by atoms with Crippen LogP contribution in [0.15, 0.2) is 29.0 Å². The predicted octanol–water partition coefficient (Wildman–Crippen LogP) is 0.429. The molecule has 1 aromatic heterocycles. The molecule has 2 aliphatic rings. The molecule has 0 radical (unpaired) electrons. The summed E-state index contributed by atoms with van der Waals surface area (Å²) < 4.78 is 40.1. The minimum Gasteiger partial charge on any atom is -0.364 e. The number of carbonyl (C=O) groups is 2. The van der Waals surface area contributed by atoms with Gasteiger partial charge in [0.15, 0.2) is 17.5 Å². The number of urea groups is 1. The molecular weight excluding hydrogens is 456 g/mol. The summed E-state index contributed by atoms with van der Waals surface area (Å²) in [6.07, 6.45) is -0.614. The van der Waals surface area contributed by atoms with Crippen LogP contribution in [0.1, 0.15) is 6.92 Å². The Morgan fingerprint density at radius 1 is 1.26 bits per heavy atom. The molecule has 2 aliphatic heterocycles. The molecule has 0 saturated carbocycles. The van der Waals surface area contributed by atoms with Gasteiger partial charge in [-0.2, -0.15) is 0 Å². The van der Waals surface area contributed by atoms with Gasteiger partial charge in [-0.05, 0) is 12.1 Å². The molecule has 1 unspecified atom stereocenters. The van der Waals surface area contributed by atoms with E-state index in [1.807, 2.05) is 0 Å². The molecule has 184 valence electrons. The normalized spacial score (nSPS) is 20.9. The van der Waals surface area contributed by atoms with Gasteiger partial charge in [0.05, 0.1) is 19.2 Å². The van der Waals surface area contributed by atoms with Crippen LogP contribution in [0.4, 0.5) is 30.8 Å². The number of anilines is 3. The van der Waals surface area contributed by atoms with Crippen LogP contribution in [-0.4, -0.2) is 79.0 Å². The van der Waals surface area contributed by atoms with Crippen LogP contribution in [0.25, 0.3) is 0 Å². The molecule has 34 heavy (non-hydrogen) atoms. The molecule has 2 saturated heterocycles. The van der Waals surface area contributed by atoms with Crippen LogP contribution in [0.2, 0.25) is 0 Å². The number of halogens is 2. The number of hydrazine groups is 1. The highest BCUT2D eigenvalue weighted by atomic mass is 19.1. The van der Waals surface area contributed by atoms with Crippen molar-refractivity contribution >= 4 is 29.1 Å². The number of aliphatic hydroxyl groups is 1. The molecule has 2 aromatic rings. The molecule has 4 N–H and O–H groups in total. The van der Waals surface area contributed by atoms with Crippen LogP contribution in [0, 0.1) is 11.6 Å². The number of hydrogen-bond acceptors (Lipinski definition) is 9. The largest absolute Gasteiger partial charge is 0.364 e. The number of aliphatic hydroxyl groups excluding tert-OH is 1. The van der Waals surface area contributed by atoms with Crippen LogP contribution < -0.4 is 25.9 Å². The van der Waals surface area contributed by atoms with Gasteiger partial charge in [-0.25, -0.2) is 19.0 Å². The van der Waals surface area contributed by atoms with E-state index >= 15 is 8.78 Å². The zero-order valence-corrected chi connectivity index (χ0v) is 18.3. The van der Waals surface area contributed by atoms with Crippen molar-refractivity contribution in [1.82, 2.24) is 20.9 Å². The summed E-state index contributed by atoms with van der Waals surface area (Å²) in [7, 11) is 0. The van der Waals surface area contributed by atoms with E-state index in [1.54, 1.807) is 0 Å². The van der Waals surface area contributed by atoms with Crippen molar-refractivity contribution in [3.63, 3.8) is 0 Å². The summed E-state index contributed by atoms with van der Waals surface area (Å²) in [4.78, 5) is 26.3. The molecule has 3 heterocycles. The highest BCUT2D eigenvalue weighted by molar-refractivity contribution is 5.87. The number of nitrogens with zero attached hydrogens (tertiary/aromatic N) is 4. The molecule has 1 aromatic carbocycles. The Hall–Kier alpha value is -3.49. The van der Waals surface area contributed by atoms with Gasteiger partial charge < -0.3 is 29.5 Å². The van der Waals surface area contributed by atoms with Crippen molar-refractivity contribution in [3.05, 3.63) is 36.1 Å². The summed E-state index contributed by atoms with van der Waals surface area (Å²) in [6.45, 7) is 2.48. The number of aromatic nitrogens is 1. The number of amides is 3. The van der Waals surface area contributed by atoms with Crippen molar-refractivity contribution in [3.8, 4) is 0 Å². The minimum atomic E-state index is -1.40. The second-order valence-electron chi connectivity index (χ2n) is 7.79. The maximum Gasteiger partial charge on any atom is 0.337 e. The first-order valence-corrected chi connectivity index (χ1v) is 10.6. The molecule has 0 aliphatic carbocycles. The van der Waals surface area contributed by atoms with Crippen molar-refractivity contribution < 1.29 is 32.7 Å². The smallest absolute Gasteiger partial charge is 0.337 e. The van der Waals surface area contributed by atoms with Gasteiger partial charge >= 0.3 is 6.03 Å². The Balaban J connectivity index is 1.42. The van der Waals surface area contributed by atoms with E-state index in [0.29, 0.717) is 0 Å². The molecule has 2 atom stereocenters. The van der Waals surface area contributed by atoms with E-state index in [-0.39, 0.29) is 62.4 Å². The minimum absolute atomic E-state index is 0.109. The SMILES string of the molecule is CC(=O)NC[C@H]1CN(c2cc(F)c(N3CCNN(C(=O)Nc4ccon4)CC3)c(F)c2)C(O)O1. The fourth-order valence-electron chi connectivity index (χ4n) is 3.80. The van der Waals surface area contributed by atoms with Crippen molar-refractivity contribution in [2.45, 2.75) is 19.4 Å². The van der Waals surface area contributed by atoms with E-state index in [1.165, 1.54) is 34.1 Å². The summed E-state index contributed by atoms with van der Waals surface area (Å²) in [5.41, 5.74) is 2.79. The maximum atomic E-state index is 15.0. The topological polar surface area (TPSA) is 135 Å². The molecular formula is C20H25F2N7O5. The fraction of sp³-hybridized carbons (Fsp3) is 0.450. The third-order valence-corrected chi connectivity index (χ3v) is 5.41. The molecule has 12 nitrogen and oxygen atoms in total. The van der Waals surface area contributed by atoms with Crippen LogP contribution >= 0.6 is 0 Å². The van der Waals surface area contributed by atoms with Gasteiger partial charge in [-0.1, -0.05) is 5.16 Å². The third kappa shape index (κ3) is 5.35. The van der Waals surface area contributed by atoms with E-state index in [9.17, 15) is 14.7 Å². The van der Waals surface area contributed by atoms with Crippen molar-refractivity contribution in [2.75, 3.05) is 54.4 Å². The van der Waals surface area contributed by atoms with E-state index < -0.39 is 30.2 Å². The van der Waals surface area contributed by atoms with Gasteiger partial charge in [0.25, 0.3) is 0 Å². The van der Waals surface area contributed by atoms with Crippen molar-refractivity contribution in [1.29, 1.82) is 0 Å². The number of carbonyl (C=O) groups excluding carboxylic acids is 2. The lowest BCUT2D eigenvalue weighted by molar-refractivity contribution is -0.121. The predicted molar refractivity (Wildman–Crippen MR) is 116 cm³/mol. The van der Waals surface area contributed by atoms with Crippen LogP contribution in [0.5, 0.6) is 0 Å². The van der Waals surface area contributed by atoms with E-state index in [0.717, 1.165) is 12.1 Å². The Bertz CT molecular complexity index is 1000. The average Bonchev–Trinajstić information content (AvgIpc) is 3.35. The van der Waals surface area contributed by atoms with Crippen LogP contribution in [-0.2, 0) is 9.53 Å². The van der Waals surface area contributed by atoms with Crippen LogP contribution in [0.3, 0.4) is 0 Å². The van der Waals surface area contributed by atoms with Gasteiger partial charge in [0, 0.05) is 44.9 Å². The van der Waals surface area contributed by atoms with Crippen molar-refractivity contribution in [2.24, 2.45) is 0 Å². The standard InChI is InChI=1S/C20H25F2N7O5/c1-12(30)23-10-14-11-28(20(32)34-14)13-8-15(21)18(16(22)9-13)27-4-3-24-29(6-5-27)19(31)25-17-2-7-33-26-17/h2,7-9,14,20,24,32H,3-6,10-11H2,1H3,(H,23,30)(H,25,26,31)/t14-,20?/m0/s1. The molecule has 2 fully saturated rings. The maximum absolute atomic E-state index is 15.0. The number of hydrogen-bond donors (Lipinski definition) is 4. The first-order valence-electron chi connectivity index (χ1n) is 10.6. The Morgan fingerprint density at radius 3 is 2.71 bits per heavy atom.